The highest BCUT2D eigenvalue weighted by Crippen LogP contribution is 2.29. The lowest BCUT2D eigenvalue weighted by molar-refractivity contribution is 0.589. The van der Waals surface area contributed by atoms with Crippen LogP contribution in [0.15, 0.2) is 17.1 Å². The second-order valence-corrected chi connectivity index (χ2v) is 7.70. The lowest BCUT2D eigenvalue weighted by Gasteiger charge is -2.22. The second-order valence-electron chi connectivity index (χ2n) is 6.27. The Morgan fingerprint density at radius 3 is 2.22 bits per heavy atom. The molecule has 1 unspecified atom stereocenters. The van der Waals surface area contributed by atoms with Gasteiger partial charge in [-0.2, -0.15) is 0 Å². The molecule has 18 heavy (non-hydrogen) atoms. The normalized spacial score (nSPS) is 17.3. The van der Waals surface area contributed by atoms with E-state index in [0.717, 1.165) is 21.5 Å². The molecule has 1 aromatic carbocycles. The van der Waals surface area contributed by atoms with E-state index in [1.54, 1.807) is 0 Å². The van der Waals surface area contributed by atoms with Gasteiger partial charge in [-0.3, -0.25) is 4.99 Å². The van der Waals surface area contributed by atoms with Crippen molar-refractivity contribution in [2.24, 2.45) is 4.99 Å². The van der Waals surface area contributed by atoms with Crippen LogP contribution in [-0.4, -0.2) is 18.2 Å². The smallest absolute Gasteiger partial charge is 0.0433 e. The number of benzene rings is 1. The van der Waals surface area contributed by atoms with Crippen molar-refractivity contribution < 1.29 is 0 Å². The van der Waals surface area contributed by atoms with Crippen LogP contribution in [0.2, 0.25) is 0 Å². The third kappa shape index (κ3) is 3.01. The molecular formula is C16H24NP. The van der Waals surface area contributed by atoms with Crippen LogP contribution in [-0.2, 0) is 11.8 Å². The summed E-state index contributed by atoms with van der Waals surface area (Å²) in [5.74, 6) is 0. The van der Waals surface area contributed by atoms with Gasteiger partial charge in [-0.15, -0.1) is 0 Å². The van der Waals surface area contributed by atoms with Crippen molar-refractivity contribution in [2.75, 3.05) is 12.7 Å². The highest BCUT2D eigenvalue weighted by molar-refractivity contribution is 7.58. The molecule has 0 saturated carbocycles. The Hall–Kier alpha value is -0.680. The molecule has 2 heteroatoms. The number of hydrogen-bond acceptors (Lipinski definition) is 1. The largest absolute Gasteiger partial charge is 0.289 e. The molecule has 0 saturated heterocycles. The molecule has 0 bridgehead atoms. The third-order valence-corrected chi connectivity index (χ3v) is 4.87. The molecule has 0 fully saturated rings. The first-order chi connectivity index (χ1) is 8.38. The summed E-state index contributed by atoms with van der Waals surface area (Å²) in [5, 5.41) is 0. The van der Waals surface area contributed by atoms with E-state index >= 15 is 0 Å². The lowest BCUT2D eigenvalue weighted by Crippen LogP contribution is -2.13. The molecule has 0 amide bonds. The maximum Gasteiger partial charge on any atom is 0.0433 e. The first-order valence-corrected chi connectivity index (χ1v) is 7.96. The molecule has 1 aliphatic rings. The quantitative estimate of drug-likeness (QED) is 0.706. The maximum absolute atomic E-state index is 4.61. The van der Waals surface area contributed by atoms with Crippen molar-refractivity contribution >= 4 is 14.0 Å². The predicted octanol–water partition coefficient (Wildman–Crippen LogP) is 4.23. The molecule has 0 aromatic heterocycles. The molecule has 98 valence electrons. The fourth-order valence-corrected chi connectivity index (χ4v) is 3.48. The summed E-state index contributed by atoms with van der Waals surface area (Å²) in [6.07, 6.45) is 2.34. The number of nitrogens with zero attached hydrogens (tertiary/aromatic N) is 1. The number of aliphatic imine (C=N–C) groups is 1. The molecule has 2 rings (SSSR count). The Bertz CT molecular complexity index is 457. The predicted molar refractivity (Wildman–Crippen MR) is 83.8 cm³/mol. The summed E-state index contributed by atoms with van der Waals surface area (Å²) in [4.78, 5) is 4.61. The van der Waals surface area contributed by atoms with Crippen LogP contribution in [0.25, 0.3) is 0 Å². The van der Waals surface area contributed by atoms with Crippen LogP contribution < -0.4 is 0 Å². The van der Waals surface area contributed by atoms with E-state index in [0.29, 0.717) is 0 Å². The van der Waals surface area contributed by atoms with E-state index in [1.807, 2.05) is 0 Å². The summed E-state index contributed by atoms with van der Waals surface area (Å²) in [7, 11) is 0.954. The van der Waals surface area contributed by atoms with E-state index < -0.39 is 0 Å². The van der Waals surface area contributed by atoms with Gasteiger partial charge in [0.15, 0.2) is 0 Å². The van der Waals surface area contributed by atoms with Gasteiger partial charge in [0.1, 0.15) is 0 Å². The molecule has 1 atom stereocenters. The molecule has 1 aromatic rings. The summed E-state index contributed by atoms with van der Waals surface area (Å²) in [6, 6.07) is 4.72. The average Bonchev–Trinajstić information content (AvgIpc) is 2.74. The van der Waals surface area contributed by atoms with Crippen LogP contribution in [0.5, 0.6) is 0 Å². The maximum atomic E-state index is 4.61. The lowest BCUT2D eigenvalue weighted by atomic mass is 9.83. The SMILES string of the molecule is Cc1cc(C(C)(C)C)cc(C)c1CC1=NCCP1. The van der Waals surface area contributed by atoms with Crippen molar-refractivity contribution in [3.8, 4) is 0 Å². The minimum absolute atomic E-state index is 0.237. The Labute approximate surface area is 113 Å². The highest BCUT2D eigenvalue weighted by Gasteiger charge is 2.17. The summed E-state index contributed by atoms with van der Waals surface area (Å²) in [6.45, 7) is 12.4. The van der Waals surface area contributed by atoms with Gasteiger partial charge >= 0.3 is 0 Å². The van der Waals surface area contributed by atoms with Crippen LogP contribution >= 0.6 is 8.58 Å². The average molecular weight is 261 g/mol. The van der Waals surface area contributed by atoms with Gasteiger partial charge in [-0.1, -0.05) is 41.5 Å². The van der Waals surface area contributed by atoms with Gasteiger partial charge in [0, 0.05) is 18.4 Å². The third-order valence-electron chi connectivity index (χ3n) is 3.65. The Balaban J connectivity index is 2.32. The Morgan fingerprint density at radius 2 is 1.78 bits per heavy atom. The first kappa shape index (κ1) is 13.7. The van der Waals surface area contributed by atoms with Gasteiger partial charge in [-0.25, -0.2) is 0 Å². The summed E-state index contributed by atoms with van der Waals surface area (Å²) in [5.41, 5.74) is 7.46. The number of rotatable bonds is 2. The molecular weight excluding hydrogens is 237 g/mol. The van der Waals surface area contributed by atoms with Crippen molar-refractivity contribution in [1.82, 2.24) is 0 Å². The van der Waals surface area contributed by atoms with E-state index in [1.165, 1.54) is 33.9 Å². The van der Waals surface area contributed by atoms with Crippen LogP contribution in [0.3, 0.4) is 0 Å². The van der Waals surface area contributed by atoms with Crippen LogP contribution in [0.4, 0.5) is 0 Å². The summed E-state index contributed by atoms with van der Waals surface area (Å²) >= 11 is 0. The van der Waals surface area contributed by atoms with Crippen molar-refractivity contribution in [2.45, 2.75) is 46.5 Å². The van der Waals surface area contributed by atoms with E-state index in [2.05, 4.69) is 51.7 Å². The van der Waals surface area contributed by atoms with Gasteiger partial charge in [-0.05, 0) is 47.7 Å². The molecule has 0 spiro atoms. The zero-order chi connectivity index (χ0) is 13.3. The fourth-order valence-electron chi connectivity index (χ4n) is 2.44. The monoisotopic (exact) mass is 261 g/mol. The highest BCUT2D eigenvalue weighted by atomic mass is 31.1. The molecule has 0 N–H and O–H groups in total. The molecule has 0 radical (unpaired) electrons. The van der Waals surface area contributed by atoms with E-state index in [9.17, 15) is 0 Å². The van der Waals surface area contributed by atoms with Crippen LogP contribution in [0.1, 0.15) is 43.0 Å². The topological polar surface area (TPSA) is 12.4 Å². The van der Waals surface area contributed by atoms with E-state index in [4.69, 9.17) is 0 Å². The zero-order valence-electron chi connectivity index (χ0n) is 12.2. The van der Waals surface area contributed by atoms with Crippen molar-refractivity contribution in [3.63, 3.8) is 0 Å². The van der Waals surface area contributed by atoms with Crippen molar-refractivity contribution in [1.29, 1.82) is 0 Å². The van der Waals surface area contributed by atoms with Gasteiger partial charge < -0.3 is 0 Å². The molecule has 1 heterocycles. The molecule has 1 nitrogen and oxygen atoms in total. The molecule has 1 aliphatic heterocycles. The van der Waals surface area contributed by atoms with Gasteiger partial charge in [0.05, 0.1) is 0 Å². The van der Waals surface area contributed by atoms with Gasteiger partial charge in [0.2, 0.25) is 0 Å². The van der Waals surface area contributed by atoms with Crippen LogP contribution in [0, 0.1) is 13.8 Å². The minimum Gasteiger partial charge on any atom is -0.289 e. The zero-order valence-corrected chi connectivity index (χ0v) is 13.2. The fraction of sp³-hybridized carbons (Fsp3) is 0.562. The van der Waals surface area contributed by atoms with E-state index in [-0.39, 0.29) is 5.41 Å². The molecule has 0 aliphatic carbocycles. The summed E-state index contributed by atoms with van der Waals surface area (Å²) < 4.78 is 0. The Kier molecular flexibility index (Phi) is 3.92. The Morgan fingerprint density at radius 1 is 1.17 bits per heavy atom. The van der Waals surface area contributed by atoms with Gasteiger partial charge in [0.25, 0.3) is 0 Å². The standard InChI is InChI=1S/C16H24NP/c1-11-8-13(16(3,4)5)9-12(2)14(11)10-15-17-6-7-18-15/h8-9,18H,6-7,10H2,1-5H3. The van der Waals surface area contributed by atoms with Crippen molar-refractivity contribution in [3.05, 3.63) is 34.4 Å². The minimum atomic E-state index is 0.237. The second kappa shape index (κ2) is 5.13. The first-order valence-electron chi connectivity index (χ1n) is 6.76. The number of hydrogen-bond donors (Lipinski definition) is 0. The number of aryl methyl sites for hydroxylation is 2.